The van der Waals surface area contributed by atoms with Crippen molar-refractivity contribution in [3.8, 4) is 0 Å². The molecule has 1 N–H and O–H groups in total. The fourth-order valence-electron chi connectivity index (χ4n) is 3.80. The molecular weight excluding hydrogens is 252 g/mol. The normalized spacial score (nSPS) is 39.4. The van der Waals surface area contributed by atoms with Gasteiger partial charge in [0.2, 0.25) is 11.8 Å². The van der Waals surface area contributed by atoms with Gasteiger partial charge in [0.05, 0.1) is 0 Å². The van der Waals surface area contributed by atoms with Crippen LogP contribution in [0.3, 0.4) is 0 Å². The Labute approximate surface area is 121 Å². The molecule has 4 nitrogen and oxygen atoms in total. The van der Waals surface area contributed by atoms with Crippen LogP contribution in [-0.4, -0.2) is 34.8 Å². The smallest absolute Gasteiger partial charge is 0.246 e. The van der Waals surface area contributed by atoms with E-state index in [9.17, 15) is 9.59 Å². The molecule has 2 aliphatic carbocycles. The minimum Gasteiger partial charge on any atom is -0.342 e. The van der Waals surface area contributed by atoms with Crippen molar-refractivity contribution in [1.29, 1.82) is 0 Å². The van der Waals surface area contributed by atoms with Gasteiger partial charge in [0.25, 0.3) is 0 Å². The SMILES string of the molecule is CC1CCCC(N2C(=O)C(C3CC3)NC(=O)C2C)CC1. The third kappa shape index (κ3) is 2.57. The van der Waals surface area contributed by atoms with Crippen LogP contribution in [0.15, 0.2) is 0 Å². The summed E-state index contributed by atoms with van der Waals surface area (Å²) in [4.78, 5) is 26.9. The highest BCUT2D eigenvalue weighted by molar-refractivity contribution is 5.97. The zero-order valence-electron chi connectivity index (χ0n) is 12.6. The zero-order valence-corrected chi connectivity index (χ0v) is 12.6. The van der Waals surface area contributed by atoms with Crippen molar-refractivity contribution < 1.29 is 9.59 Å². The van der Waals surface area contributed by atoms with Crippen LogP contribution in [0.1, 0.15) is 58.8 Å². The highest BCUT2D eigenvalue weighted by Gasteiger charge is 2.47. The summed E-state index contributed by atoms with van der Waals surface area (Å²) in [7, 11) is 0. The summed E-state index contributed by atoms with van der Waals surface area (Å²) in [6.07, 6.45) is 7.90. The first-order chi connectivity index (χ1) is 9.58. The molecule has 4 unspecified atom stereocenters. The Kier molecular flexibility index (Phi) is 3.74. The van der Waals surface area contributed by atoms with E-state index in [1.54, 1.807) is 0 Å². The van der Waals surface area contributed by atoms with E-state index in [0.29, 0.717) is 5.92 Å². The van der Waals surface area contributed by atoms with Gasteiger partial charge in [-0.25, -0.2) is 0 Å². The molecule has 2 amide bonds. The summed E-state index contributed by atoms with van der Waals surface area (Å²) in [6.45, 7) is 4.17. The number of carbonyl (C=O) groups excluding carboxylic acids is 2. The van der Waals surface area contributed by atoms with E-state index in [4.69, 9.17) is 0 Å². The lowest BCUT2D eigenvalue weighted by atomic mass is 9.97. The maximum absolute atomic E-state index is 12.8. The summed E-state index contributed by atoms with van der Waals surface area (Å²) in [5.41, 5.74) is 0. The molecule has 3 rings (SSSR count). The molecule has 0 aromatic carbocycles. The van der Waals surface area contributed by atoms with E-state index in [2.05, 4.69) is 12.2 Å². The van der Waals surface area contributed by atoms with E-state index in [-0.39, 0.29) is 29.9 Å². The van der Waals surface area contributed by atoms with Gasteiger partial charge in [-0.3, -0.25) is 9.59 Å². The van der Waals surface area contributed by atoms with E-state index in [1.165, 1.54) is 19.3 Å². The molecule has 3 aliphatic rings. The maximum Gasteiger partial charge on any atom is 0.246 e. The molecule has 1 heterocycles. The number of carbonyl (C=O) groups is 2. The van der Waals surface area contributed by atoms with Crippen molar-refractivity contribution in [3.63, 3.8) is 0 Å². The Balaban J connectivity index is 1.77. The lowest BCUT2D eigenvalue weighted by Gasteiger charge is -2.42. The molecule has 0 bridgehead atoms. The fourth-order valence-corrected chi connectivity index (χ4v) is 3.80. The molecule has 1 saturated heterocycles. The first kappa shape index (κ1) is 13.9. The lowest BCUT2D eigenvalue weighted by Crippen LogP contribution is -2.65. The van der Waals surface area contributed by atoms with Crippen LogP contribution < -0.4 is 5.32 Å². The molecule has 4 heteroatoms. The van der Waals surface area contributed by atoms with Gasteiger partial charge in [-0.1, -0.05) is 19.8 Å². The van der Waals surface area contributed by atoms with E-state index >= 15 is 0 Å². The zero-order chi connectivity index (χ0) is 14.3. The second-order valence-electron chi connectivity index (χ2n) is 7.01. The third-order valence-corrected chi connectivity index (χ3v) is 5.33. The summed E-state index contributed by atoms with van der Waals surface area (Å²) < 4.78 is 0. The monoisotopic (exact) mass is 278 g/mol. The minimum absolute atomic E-state index is 0.0406. The third-order valence-electron chi connectivity index (χ3n) is 5.33. The van der Waals surface area contributed by atoms with E-state index in [0.717, 1.165) is 31.6 Å². The number of piperazine rings is 1. The van der Waals surface area contributed by atoms with Gasteiger partial charge < -0.3 is 10.2 Å². The number of rotatable bonds is 2. The van der Waals surface area contributed by atoms with Gasteiger partial charge in [0.15, 0.2) is 0 Å². The summed E-state index contributed by atoms with van der Waals surface area (Å²) in [6, 6.07) is -0.259. The number of nitrogens with zero attached hydrogens (tertiary/aromatic N) is 1. The molecular formula is C16H26N2O2. The number of amides is 2. The Morgan fingerprint density at radius 1 is 1.00 bits per heavy atom. The standard InChI is InChI=1S/C16H26N2O2/c1-10-4-3-5-13(9-6-10)18-11(2)15(19)17-14(16(18)20)12-7-8-12/h10-14H,3-9H2,1-2H3,(H,17,19). The Morgan fingerprint density at radius 3 is 2.45 bits per heavy atom. The van der Waals surface area contributed by atoms with Gasteiger partial charge >= 0.3 is 0 Å². The van der Waals surface area contributed by atoms with Crippen molar-refractivity contribution in [2.45, 2.75) is 76.9 Å². The van der Waals surface area contributed by atoms with Crippen molar-refractivity contribution >= 4 is 11.8 Å². The van der Waals surface area contributed by atoms with Crippen LogP contribution in [-0.2, 0) is 9.59 Å². The number of nitrogens with one attached hydrogen (secondary N) is 1. The topological polar surface area (TPSA) is 49.4 Å². The number of hydrogen-bond acceptors (Lipinski definition) is 2. The van der Waals surface area contributed by atoms with Crippen LogP contribution in [0.4, 0.5) is 0 Å². The van der Waals surface area contributed by atoms with Crippen molar-refractivity contribution in [3.05, 3.63) is 0 Å². The van der Waals surface area contributed by atoms with Crippen LogP contribution in [0.5, 0.6) is 0 Å². The first-order valence-corrected chi connectivity index (χ1v) is 8.20. The molecule has 112 valence electrons. The van der Waals surface area contributed by atoms with Crippen LogP contribution >= 0.6 is 0 Å². The molecule has 2 saturated carbocycles. The highest BCUT2D eigenvalue weighted by Crippen LogP contribution is 2.36. The Morgan fingerprint density at radius 2 is 1.75 bits per heavy atom. The minimum atomic E-state index is -0.295. The fraction of sp³-hybridized carbons (Fsp3) is 0.875. The van der Waals surface area contributed by atoms with Gasteiger partial charge in [0, 0.05) is 6.04 Å². The predicted molar refractivity (Wildman–Crippen MR) is 77.0 cm³/mol. The average molecular weight is 278 g/mol. The molecule has 4 atom stereocenters. The van der Waals surface area contributed by atoms with Crippen LogP contribution in [0, 0.1) is 11.8 Å². The second kappa shape index (κ2) is 5.38. The van der Waals surface area contributed by atoms with E-state index < -0.39 is 0 Å². The molecule has 0 radical (unpaired) electrons. The molecule has 1 aliphatic heterocycles. The maximum atomic E-state index is 12.8. The van der Waals surface area contributed by atoms with Gasteiger partial charge in [-0.2, -0.15) is 0 Å². The summed E-state index contributed by atoms with van der Waals surface area (Å²) >= 11 is 0. The van der Waals surface area contributed by atoms with E-state index in [1.807, 2.05) is 11.8 Å². The van der Waals surface area contributed by atoms with Crippen LogP contribution in [0.2, 0.25) is 0 Å². The quantitative estimate of drug-likeness (QED) is 0.786. The van der Waals surface area contributed by atoms with Gasteiger partial charge in [-0.15, -0.1) is 0 Å². The Bertz CT molecular complexity index is 405. The molecule has 3 fully saturated rings. The van der Waals surface area contributed by atoms with Crippen LogP contribution in [0.25, 0.3) is 0 Å². The lowest BCUT2D eigenvalue weighted by molar-refractivity contribution is -0.152. The molecule has 0 aromatic heterocycles. The van der Waals surface area contributed by atoms with Gasteiger partial charge in [-0.05, 0) is 50.9 Å². The largest absolute Gasteiger partial charge is 0.342 e. The molecule has 20 heavy (non-hydrogen) atoms. The molecule has 0 spiro atoms. The molecule has 0 aromatic rings. The Hall–Kier alpha value is -1.06. The summed E-state index contributed by atoms with van der Waals surface area (Å²) in [5, 5.41) is 2.94. The van der Waals surface area contributed by atoms with Crippen molar-refractivity contribution in [2.24, 2.45) is 11.8 Å². The number of hydrogen-bond donors (Lipinski definition) is 1. The van der Waals surface area contributed by atoms with Crippen molar-refractivity contribution in [2.75, 3.05) is 0 Å². The van der Waals surface area contributed by atoms with Crippen molar-refractivity contribution in [1.82, 2.24) is 10.2 Å². The van der Waals surface area contributed by atoms with Gasteiger partial charge in [0.1, 0.15) is 12.1 Å². The first-order valence-electron chi connectivity index (χ1n) is 8.20. The summed E-state index contributed by atoms with van der Waals surface area (Å²) in [5.74, 6) is 1.37. The predicted octanol–water partition coefficient (Wildman–Crippen LogP) is 2.08. The highest BCUT2D eigenvalue weighted by atomic mass is 16.2. The second-order valence-corrected chi connectivity index (χ2v) is 7.01. The average Bonchev–Trinajstić information content (AvgIpc) is 3.23.